The molecule has 2 rings (SSSR count). The molecule has 2 unspecified atom stereocenters. The van der Waals surface area contributed by atoms with E-state index in [4.69, 9.17) is 23.7 Å². The molecule has 0 amide bonds. The Bertz CT molecular complexity index is 326. The molecule has 1 aliphatic rings. The second-order valence-electron chi connectivity index (χ2n) is 4.33. The Morgan fingerprint density at radius 1 is 1.42 bits per heavy atom. The molecule has 1 aromatic heterocycles. The van der Waals surface area contributed by atoms with Gasteiger partial charge in [-0.1, -0.05) is 0 Å². The quantitative estimate of drug-likeness (QED) is 0.458. The first-order valence-corrected chi connectivity index (χ1v) is 7.21. The van der Waals surface area contributed by atoms with E-state index in [9.17, 15) is 0 Å². The number of thiophene rings is 1. The average Bonchev–Trinajstić information content (AvgIpc) is 3.09. The van der Waals surface area contributed by atoms with Gasteiger partial charge in [0.25, 0.3) is 0 Å². The molecular formula is C13H20O5S. The zero-order valence-corrected chi connectivity index (χ0v) is 11.9. The van der Waals surface area contributed by atoms with Crippen molar-refractivity contribution in [2.24, 2.45) is 0 Å². The first-order valence-electron chi connectivity index (χ1n) is 6.27. The SMILES string of the molecule is COCOC(COCc1ccsc1)COCC1CO1. The highest BCUT2D eigenvalue weighted by Gasteiger charge is 2.23. The van der Waals surface area contributed by atoms with Crippen LogP contribution in [-0.2, 0) is 30.3 Å². The van der Waals surface area contributed by atoms with Crippen LogP contribution >= 0.6 is 11.3 Å². The lowest BCUT2D eigenvalue weighted by molar-refractivity contribution is -0.122. The summed E-state index contributed by atoms with van der Waals surface area (Å²) in [7, 11) is 1.60. The number of hydrogen-bond donors (Lipinski definition) is 0. The van der Waals surface area contributed by atoms with Gasteiger partial charge in [0, 0.05) is 7.11 Å². The summed E-state index contributed by atoms with van der Waals surface area (Å²) in [5.41, 5.74) is 1.18. The van der Waals surface area contributed by atoms with Crippen LogP contribution in [0.5, 0.6) is 0 Å². The van der Waals surface area contributed by atoms with Crippen molar-refractivity contribution in [3.63, 3.8) is 0 Å². The maximum atomic E-state index is 5.63. The standard InChI is InChI=1S/C13H20O5S/c1-14-10-18-12(6-16-7-13-8-17-13)5-15-4-11-2-3-19-9-11/h2-3,9,12-13H,4-8,10H2,1H3. The summed E-state index contributed by atoms with van der Waals surface area (Å²) in [6.07, 6.45) is 0.159. The summed E-state index contributed by atoms with van der Waals surface area (Å²) in [5, 5.41) is 4.11. The normalized spacial score (nSPS) is 19.5. The van der Waals surface area contributed by atoms with Gasteiger partial charge in [0.2, 0.25) is 0 Å². The van der Waals surface area contributed by atoms with Gasteiger partial charge >= 0.3 is 0 Å². The van der Waals surface area contributed by atoms with E-state index in [0.717, 1.165) is 6.61 Å². The maximum absolute atomic E-state index is 5.63. The van der Waals surface area contributed by atoms with Crippen LogP contribution in [0.25, 0.3) is 0 Å². The molecule has 6 heteroatoms. The van der Waals surface area contributed by atoms with Crippen molar-refractivity contribution in [1.82, 2.24) is 0 Å². The van der Waals surface area contributed by atoms with Gasteiger partial charge in [-0.15, -0.1) is 0 Å². The van der Waals surface area contributed by atoms with E-state index >= 15 is 0 Å². The van der Waals surface area contributed by atoms with Gasteiger partial charge in [-0.2, -0.15) is 11.3 Å². The van der Waals surface area contributed by atoms with Crippen molar-refractivity contribution in [2.75, 3.05) is 40.3 Å². The number of methoxy groups -OCH3 is 1. The Morgan fingerprint density at radius 3 is 2.95 bits per heavy atom. The van der Waals surface area contributed by atoms with Crippen molar-refractivity contribution in [3.05, 3.63) is 22.4 Å². The topological polar surface area (TPSA) is 49.5 Å². The lowest BCUT2D eigenvalue weighted by Gasteiger charge is -2.17. The molecule has 0 spiro atoms. The third-order valence-corrected chi connectivity index (χ3v) is 3.32. The molecule has 19 heavy (non-hydrogen) atoms. The highest BCUT2D eigenvalue weighted by molar-refractivity contribution is 7.07. The van der Waals surface area contributed by atoms with Gasteiger partial charge in [0.05, 0.1) is 33.0 Å². The largest absolute Gasteiger partial charge is 0.376 e. The van der Waals surface area contributed by atoms with E-state index in [1.54, 1.807) is 18.4 Å². The van der Waals surface area contributed by atoms with Crippen LogP contribution in [0, 0.1) is 0 Å². The van der Waals surface area contributed by atoms with Gasteiger partial charge in [0.15, 0.2) is 0 Å². The number of epoxide rings is 1. The molecule has 0 N–H and O–H groups in total. The zero-order chi connectivity index (χ0) is 13.3. The molecule has 5 nitrogen and oxygen atoms in total. The first-order chi connectivity index (χ1) is 9.38. The molecule has 1 fully saturated rings. The molecule has 2 atom stereocenters. The van der Waals surface area contributed by atoms with E-state index in [2.05, 4.69) is 11.4 Å². The van der Waals surface area contributed by atoms with E-state index < -0.39 is 0 Å². The van der Waals surface area contributed by atoms with Gasteiger partial charge in [0.1, 0.15) is 19.0 Å². The lowest BCUT2D eigenvalue weighted by atomic mass is 10.3. The molecule has 0 aliphatic carbocycles. The second kappa shape index (κ2) is 8.63. The number of ether oxygens (including phenoxy) is 5. The molecule has 2 heterocycles. The van der Waals surface area contributed by atoms with Crippen molar-refractivity contribution in [2.45, 2.75) is 18.8 Å². The van der Waals surface area contributed by atoms with E-state index in [1.807, 2.05) is 5.38 Å². The predicted octanol–water partition coefficient (Wildman–Crippen LogP) is 1.67. The Balaban J connectivity index is 1.60. The number of hydrogen-bond acceptors (Lipinski definition) is 6. The molecule has 1 aliphatic heterocycles. The van der Waals surface area contributed by atoms with E-state index in [0.29, 0.717) is 26.4 Å². The zero-order valence-electron chi connectivity index (χ0n) is 11.1. The maximum Gasteiger partial charge on any atom is 0.146 e. The minimum absolute atomic E-state index is 0.114. The summed E-state index contributed by atoms with van der Waals surface area (Å²) in [4.78, 5) is 0. The van der Waals surface area contributed by atoms with Crippen LogP contribution in [0.2, 0.25) is 0 Å². The van der Waals surface area contributed by atoms with Gasteiger partial charge in [-0.25, -0.2) is 0 Å². The molecular weight excluding hydrogens is 268 g/mol. The summed E-state index contributed by atoms with van der Waals surface area (Å²) >= 11 is 1.67. The second-order valence-corrected chi connectivity index (χ2v) is 5.11. The summed E-state index contributed by atoms with van der Waals surface area (Å²) in [6, 6.07) is 2.05. The smallest absolute Gasteiger partial charge is 0.146 e. The lowest BCUT2D eigenvalue weighted by Crippen LogP contribution is -2.27. The molecule has 0 radical (unpaired) electrons. The van der Waals surface area contributed by atoms with Gasteiger partial charge in [-0.05, 0) is 22.4 Å². The molecule has 1 aromatic rings. The third kappa shape index (κ3) is 6.47. The highest BCUT2D eigenvalue weighted by Crippen LogP contribution is 2.10. The van der Waals surface area contributed by atoms with Crippen LogP contribution in [-0.4, -0.2) is 52.5 Å². The van der Waals surface area contributed by atoms with Crippen LogP contribution in [0.15, 0.2) is 16.8 Å². The van der Waals surface area contributed by atoms with Crippen LogP contribution in [0.3, 0.4) is 0 Å². The Labute approximate surface area is 117 Å². The van der Waals surface area contributed by atoms with Crippen molar-refractivity contribution in [3.8, 4) is 0 Å². The average molecular weight is 288 g/mol. The first kappa shape index (κ1) is 14.9. The van der Waals surface area contributed by atoms with Crippen molar-refractivity contribution < 1.29 is 23.7 Å². The minimum atomic E-state index is -0.114. The predicted molar refractivity (Wildman–Crippen MR) is 71.3 cm³/mol. The highest BCUT2D eigenvalue weighted by atomic mass is 32.1. The Morgan fingerprint density at radius 2 is 2.26 bits per heavy atom. The third-order valence-electron chi connectivity index (χ3n) is 2.58. The molecule has 0 bridgehead atoms. The Hall–Kier alpha value is -0.500. The molecule has 0 saturated carbocycles. The van der Waals surface area contributed by atoms with Crippen LogP contribution in [0.1, 0.15) is 5.56 Å². The summed E-state index contributed by atoms with van der Waals surface area (Å²) in [5.74, 6) is 0. The Kier molecular flexibility index (Phi) is 6.77. The van der Waals surface area contributed by atoms with Crippen molar-refractivity contribution in [1.29, 1.82) is 0 Å². The van der Waals surface area contributed by atoms with E-state index in [1.165, 1.54) is 5.56 Å². The van der Waals surface area contributed by atoms with Crippen LogP contribution < -0.4 is 0 Å². The van der Waals surface area contributed by atoms with Crippen LogP contribution in [0.4, 0.5) is 0 Å². The fraction of sp³-hybridized carbons (Fsp3) is 0.692. The summed E-state index contributed by atoms with van der Waals surface area (Å²) in [6.45, 7) is 3.26. The van der Waals surface area contributed by atoms with Gasteiger partial charge in [-0.3, -0.25) is 0 Å². The molecule has 108 valence electrons. The van der Waals surface area contributed by atoms with Gasteiger partial charge < -0.3 is 23.7 Å². The monoisotopic (exact) mass is 288 g/mol. The molecule has 1 saturated heterocycles. The number of rotatable bonds is 11. The fourth-order valence-corrected chi connectivity index (χ4v) is 2.14. The fourth-order valence-electron chi connectivity index (χ4n) is 1.49. The minimum Gasteiger partial charge on any atom is -0.376 e. The van der Waals surface area contributed by atoms with E-state index in [-0.39, 0.29) is 19.0 Å². The van der Waals surface area contributed by atoms with Crippen molar-refractivity contribution >= 4 is 11.3 Å². The molecule has 0 aromatic carbocycles. The summed E-state index contributed by atoms with van der Waals surface area (Å²) < 4.78 is 26.6.